The average Bonchev–Trinajstić information content (AvgIpc) is 2.78. The molecule has 98 valence electrons. The summed E-state index contributed by atoms with van der Waals surface area (Å²) < 4.78 is 1.25. The summed E-state index contributed by atoms with van der Waals surface area (Å²) in [5.74, 6) is 0. The summed E-state index contributed by atoms with van der Waals surface area (Å²) in [6.07, 6.45) is 13.2. The Morgan fingerprint density at radius 3 is 2.61 bits per heavy atom. The molecule has 1 aromatic carbocycles. The van der Waals surface area contributed by atoms with Gasteiger partial charge in [0.2, 0.25) is 0 Å². The molecular formula is C17H23Br. The van der Waals surface area contributed by atoms with Crippen LogP contribution in [-0.4, -0.2) is 0 Å². The normalized spacial score (nSPS) is 13.6. The lowest BCUT2D eigenvalue weighted by Crippen LogP contribution is -1.86. The van der Waals surface area contributed by atoms with Crippen LogP contribution in [0.3, 0.4) is 0 Å². The van der Waals surface area contributed by atoms with Crippen LogP contribution < -0.4 is 0 Å². The number of allylic oxidation sites excluding steroid dienone is 1. The van der Waals surface area contributed by atoms with Crippen molar-refractivity contribution >= 4 is 22.0 Å². The molecule has 0 saturated carbocycles. The summed E-state index contributed by atoms with van der Waals surface area (Å²) in [5, 5.41) is 0. The van der Waals surface area contributed by atoms with E-state index in [2.05, 4.69) is 47.1 Å². The highest BCUT2D eigenvalue weighted by Crippen LogP contribution is 2.32. The lowest BCUT2D eigenvalue weighted by molar-refractivity contribution is 0.605. The molecule has 1 aliphatic rings. The summed E-state index contributed by atoms with van der Waals surface area (Å²) in [7, 11) is 0. The predicted molar refractivity (Wildman–Crippen MR) is 83.8 cm³/mol. The lowest BCUT2D eigenvalue weighted by atomic mass is 10.0. The Kier molecular flexibility index (Phi) is 5.49. The first-order valence-corrected chi connectivity index (χ1v) is 8.07. The smallest absolute Gasteiger partial charge is 0.0250 e. The molecule has 1 aliphatic carbocycles. The van der Waals surface area contributed by atoms with Crippen molar-refractivity contribution in [2.75, 3.05) is 0 Å². The van der Waals surface area contributed by atoms with Crippen LogP contribution in [0, 0.1) is 0 Å². The van der Waals surface area contributed by atoms with Crippen molar-refractivity contribution < 1.29 is 0 Å². The number of fused-ring (bicyclic) bond motifs is 1. The number of unbranched alkanes of at least 4 members (excludes halogenated alkanes) is 5. The van der Waals surface area contributed by atoms with Gasteiger partial charge in [-0.3, -0.25) is 0 Å². The second-order valence-electron chi connectivity index (χ2n) is 5.31. The molecule has 0 N–H and O–H groups in total. The molecule has 0 aliphatic heterocycles. The van der Waals surface area contributed by atoms with Crippen LogP contribution in [0.1, 0.15) is 63.0 Å². The second-order valence-corrected chi connectivity index (χ2v) is 6.16. The van der Waals surface area contributed by atoms with Crippen molar-refractivity contribution in [2.24, 2.45) is 0 Å². The topological polar surface area (TPSA) is 0 Å². The maximum atomic E-state index is 3.64. The largest absolute Gasteiger partial charge is 0.0654 e. The molecule has 0 heterocycles. The van der Waals surface area contributed by atoms with E-state index in [1.807, 2.05) is 0 Å². The van der Waals surface area contributed by atoms with Gasteiger partial charge in [-0.25, -0.2) is 0 Å². The van der Waals surface area contributed by atoms with Crippen LogP contribution >= 0.6 is 15.9 Å². The Hall–Kier alpha value is -0.560. The van der Waals surface area contributed by atoms with E-state index in [1.54, 1.807) is 5.57 Å². The molecule has 18 heavy (non-hydrogen) atoms. The predicted octanol–water partition coefficient (Wildman–Crippen LogP) is 6.14. The Morgan fingerprint density at radius 2 is 1.83 bits per heavy atom. The third-order valence-electron chi connectivity index (χ3n) is 3.76. The SMILES string of the molecule is CCCCCCCCC1=Cc2c(Br)cccc2C1. The van der Waals surface area contributed by atoms with Crippen LogP contribution in [0.25, 0.3) is 6.08 Å². The fourth-order valence-corrected chi connectivity index (χ4v) is 3.21. The minimum absolute atomic E-state index is 1.17. The number of halogens is 1. The van der Waals surface area contributed by atoms with Gasteiger partial charge in [0, 0.05) is 4.47 Å². The van der Waals surface area contributed by atoms with Gasteiger partial charge in [-0.15, -0.1) is 0 Å². The highest BCUT2D eigenvalue weighted by atomic mass is 79.9. The zero-order valence-corrected chi connectivity index (χ0v) is 12.9. The third-order valence-corrected chi connectivity index (χ3v) is 4.45. The lowest BCUT2D eigenvalue weighted by Gasteiger charge is -2.02. The molecule has 1 heteroatoms. The molecule has 0 aromatic heterocycles. The van der Waals surface area contributed by atoms with E-state index in [4.69, 9.17) is 0 Å². The van der Waals surface area contributed by atoms with E-state index in [1.165, 1.54) is 67.0 Å². The number of benzene rings is 1. The van der Waals surface area contributed by atoms with Gasteiger partial charge in [-0.05, 0) is 36.5 Å². The van der Waals surface area contributed by atoms with Gasteiger partial charge >= 0.3 is 0 Å². The zero-order valence-electron chi connectivity index (χ0n) is 11.3. The van der Waals surface area contributed by atoms with Crippen molar-refractivity contribution in [1.29, 1.82) is 0 Å². The highest BCUT2D eigenvalue weighted by Gasteiger charge is 2.13. The summed E-state index contributed by atoms with van der Waals surface area (Å²) in [4.78, 5) is 0. The quantitative estimate of drug-likeness (QED) is 0.531. The molecule has 0 nitrogen and oxygen atoms in total. The first-order chi connectivity index (χ1) is 8.81. The van der Waals surface area contributed by atoms with Crippen molar-refractivity contribution in [3.63, 3.8) is 0 Å². The van der Waals surface area contributed by atoms with Crippen LogP contribution in [0.15, 0.2) is 28.2 Å². The maximum absolute atomic E-state index is 3.64. The summed E-state index contributed by atoms with van der Waals surface area (Å²) in [5.41, 5.74) is 4.52. The van der Waals surface area contributed by atoms with Crippen molar-refractivity contribution in [1.82, 2.24) is 0 Å². The van der Waals surface area contributed by atoms with Crippen LogP contribution in [0.5, 0.6) is 0 Å². The first kappa shape index (κ1) is 13.9. The van der Waals surface area contributed by atoms with Gasteiger partial charge in [0.1, 0.15) is 0 Å². The molecule has 0 spiro atoms. The van der Waals surface area contributed by atoms with E-state index in [-0.39, 0.29) is 0 Å². The molecule has 0 amide bonds. The molecule has 0 unspecified atom stereocenters. The molecule has 1 aromatic rings. The third kappa shape index (κ3) is 3.71. The van der Waals surface area contributed by atoms with E-state index < -0.39 is 0 Å². The molecular weight excluding hydrogens is 284 g/mol. The zero-order chi connectivity index (χ0) is 12.8. The Morgan fingerprint density at radius 1 is 1.06 bits per heavy atom. The highest BCUT2D eigenvalue weighted by molar-refractivity contribution is 9.10. The minimum atomic E-state index is 1.17. The molecule has 0 atom stereocenters. The van der Waals surface area contributed by atoms with Gasteiger partial charge in [-0.1, -0.05) is 78.7 Å². The minimum Gasteiger partial charge on any atom is -0.0654 e. The first-order valence-electron chi connectivity index (χ1n) is 7.28. The fraction of sp³-hybridized carbons (Fsp3) is 0.529. The van der Waals surface area contributed by atoms with Gasteiger partial charge in [0.15, 0.2) is 0 Å². The van der Waals surface area contributed by atoms with Gasteiger partial charge in [0.25, 0.3) is 0 Å². The fourth-order valence-electron chi connectivity index (χ4n) is 2.69. The number of hydrogen-bond acceptors (Lipinski definition) is 0. The van der Waals surface area contributed by atoms with E-state index in [0.717, 1.165) is 0 Å². The Balaban J connectivity index is 1.74. The van der Waals surface area contributed by atoms with Crippen molar-refractivity contribution in [2.45, 2.75) is 58.3 Å². The molecule has 0 radical (unpaired) electrons. The Bertz CT molecular complexity index is 418. The standard InChI is InChI=1S/C17H23Br/c1-2-3-4-5-6-7-9-14-12-15-10-8-11-17(18)16(15)13-14/h8,10-11,13H,2-7,9,12H2,1H3. The average molecular weight is 307 g/mol. The van der Waals surface area contributed by atoms with E-state index in [9.17, 15) is 0 Å². The van der Waals surface area contributed by atoms with Crippen molar-refractivity contribution in [3.05, 3.63) is 39.4 Å². The summed E-state index contributed by atoms with van der Waals surface area (Å²) in [6.45, 7) is 2.28. The second kappa shape index (κ2) is 7.13. The monoisotopic (exact) mass is 306 g/mol. The van der Waals surface area contributed by atoms with Crippen LogP contribution in [-0.2, 0) is 6.42 Å². The van der Waals surface area contributed by atoms with E-state index >= 15 is 0 Å². The summed E-state index contributed by atoms with van der Waals surface area (Å²) >= 11 is 3.64. The number of hydrogen-bond donors (Lipinski definition) is 0. The van der Waals surface area contributed by atoms with Crippen LogP contribution in [0.4, 0.5) is 0 Å². The molecule has 2 rings (SSSR count). The summed E-state index contributed by atoms with van der Waals surface area (Å²) in [6, 6.07) is 6.54. The van der Waals surface area contributed by atoms with E-state index in [0.29, 0.717) is 0 Å². The molecule has 0 saturated heterocycles. The van der Waals surface area contributed by atoms with Gasteiger partial charge in [-0.2, -0.15) is 0 Å². The Labute approximate surface area is 120 Å². The van der Waals surface area contributed by atoms with Gasteiger partial charge < -0.3 is 0 Å². The molecule has 0 fully saturated rings. The number of rotatable bonds is 7. The van der Waals surface area contributed by atoms with Crippen molar-refractivity contribution in [3.8, 4) is 0 Å². The maximum Gasteiger partial charge on any atom is 0.0250 e. The van der Waals surface area contributed by atoms with Gasteiger partial charge in [0.05, 0.1) is 0 Å². The molecule has 0 bridgehead atoms. The van der Waals surface area contributed by atoms with Crippen LogP contribution in [0.2, 0.25) is 0 Å².